The molecule has 0 amide bonds. The summed E-state index contributed by atoms with van der Waals surface area (Å²) < 4.78 is 0. The highest BCUT2D eigenvalue weighted by Gasteiger charge is 2.12. The first-order chi connectivity index (χ1) is 10.1. The molecule has 21 heavy (non-hydrogen) atoms. The van der Waals surface area contributed by atoms with Crippen LogP contribution >= 0.6 is 35.0 Å². The van der Waals surface area contributed by atoms with Crippen LogP contribution in [0.25, 0.3) is 0 Å². The SMILES string of the molecule is CCNC(CSc1cccc(Cl)c1)c1ccc(C)c(Cl)c1. The Hall–Kier alpha value is -0.670. The van der Waals surface area contributed by atoms with E-state index >= 15 is 0 Å². The molecule has 0 aromatic heterocycles. The van der Waals surface area contributed by atoms with E-state index in [0.29, 0.717) is 0 Å². The third-order valence-electron chi connectivity index (χ3n) is 3.26. The maximum absolute atomic E-state index is 6.24. The lowest BCUT2D eigenvalue weighted by Gasteiger charge is -2.19. The van der Waals surface area contributed by atoms with Crippen molar-refractivity contribution in [3.63, 3.8) is 0 Å². The average molecular weight is 340 g/mol. The number of benzene rings is 2. The van der Waals surface area contributed by atoms with Gasteiger partial charge in [0.2, 0.25) is 0 Å². The summed E-state index contributed by atoms with van der Waals surface area (Å²) in [6.45, 7) is 5.06. The molecule has 1 atom stereocenters. The summed E-state index contributed by atoms with van der Waals surface area (Å²) in [6.07, 6.45) is 0. The van der Waals surface area contributed by atoms with E-state index in [1.165, 1.54) is 10.5 Å². The van der Waals surface area contributed by atoms with Crippen LogP contribution in [0.3, 0.4) is 0 Å². The van der Waals surface area contributed by atoms with Gasteiger partial charge in [0.05, 0.1) is 0 Å². The molecule has 0 spiro atoms. The standard InChI is InChI=1S/C17H19Cl2NS/c1-3-20-17(13-8-7-12(2)16(19)9-13)11-21-15-6-4-5-14(18)10-15/h4-10,17,20H,3,11H2,1-2H3. The fourth-order valence-corrected chi connectivity index (χ4v) is 3.58. The first kappa shape index (κ1) is 16.7. The Morgan fingerprint density at radius 2 is 1.95 bits per heavy atom. The topological polar surface area (TPSA) is 12.0 Å². The van der Waals surface area contributed by atoms with Crippen LogP contribution in [0.4, 0.5) is 0 Å². The van der Waals surface area contributed by atoms with Crippen LogP contribution in [0.1, 0.15) is 24.1 Å². The molecule has 1 unspecified atom stereocenters. The van der Waals surface area contributed by atoms with Gasteiger partial charge in [-0.2, -0.15) is 0 Å². The van der Waals surface area contributed by atoms with Crippen LogP contribution in [0.5, 0.6) is 0 Å². The highest BCUT2D eigenvalue weighted by molar-refractivity contribution is 7.99. The summed E-state index contributed by atoms with van der Waals surface area (Å²) in [5.41, 5.74) is 2.33. The molecule has 0 heterocycles. The maximum Gasteiger partial charge on any atom is 0.0438 e. The second-order valence-electron chi connectivity index (χ2n) is 4.89. The van der Waals surface area contributed by atoms with Crippen molar-refractivity contribution in [3.8, 4) is 0 Å². The predicted molar refractivity (Wildman–Crippen MR) is 94.8 cm³/mol. The molecule has 1 N–H and O–H groups in total. The van der Waals surface area contributed by atoms with E-state index in [0.717, 1.165) is 27.9 Å². The van der Waals surface area contributed by atoms with Crippen LogP contribution in [0.2, 0.25) is 10.0 Å². The largest absolute Gasteiger partial charge is 0.309 e. The maximum atomic E-state index is 6.24. The van der Waals surface area contributed by atoms with Gasteiger partial charge in [-0.15, -0.1) is 11.8 Å². The van der Waals surface area contributed by atoms with Crippen molar-refractivity contribution in [2.75, 3.05) is 12.3 Å². The van der Waals surface area contributed by atoms with Crippen LogP contribution in [-0.2, 0) is 0 Å². The molecule has 0 saturated carbocycles. The van der Waals surface area contributed by atoms with Crippen molar-refractivity contribution < 1.29 is 0 Å². The van der Waals surface area contributed by atoms with Crippen molar-refractivity contribution in [3.05, 3.63) is 63.6 Å². The Balaban J connectivity index is 2.09. The van der Waals surface area contributed by atoms with Gasteiger partial charge in [0.25, 0.3) is 0 Å². The highest BCUT2D eigenvalue weighted by Crippen LogP contribution is 2.28. The minimum atomic E-state index is 0.275. The van der Waals surface area contributed by atoms with Gasteiger partial charge in [-0.05, 0) is 48.9 Å². The van der Waals surface area contributed by atoms with Crippen LogP contribution in [0, 0.1) is 6.92 Å². The van der Waals surface area contributed by atoms with Gasteiger partial charge in [0.15, 0.2) is 0 Å². The van der Waals surface area contributed by atoms with Crippen LogP contribution < -0.4 is 5.32 Å². The number of rotatable bonds is 6. The third-order valence-corrected chi connectivity index (χ3v) is 4.99. The number of hydrogen-bond acceptors (Lipinski definition) is 2. The molecular formula is C17H19Cl2NS. The summed E-state index contributed by atoms with van der Waals surface area (Å²) in [5, 5.41) is 5.12. The molecule has 0 bridgehead atoms. The van der Waals surface area contributed by atoms with Gasteiger partial charge < -0.3 is 5.32 Å². The smallest absolute Gasteiger partial charge is 0.0438 e. The second kappa shape index (κ2) is 8.09. The summed E-state index contributed by atoms with van der Waals surface area (Å²) in [6, 6.07) is 14.5. The molecule has 112 valence electrons. The highest BCUT2D eigenvalue weighted by atomic mass is 35.5. The lowest BCUT2D eigenvalue weighted by atomic mass is 10.1. The number of halogens is 2. The quantitative estimate of drug-likeness (QED) is 0.673. The zero-order valence-electron chi connectivity index (χ0n) is 12.2. The van der Waals surface area contributed by atoms with E-state index in [4.69, 9.17) is 23.2 Å². The van der Waals surface area contributed by atoms with E-state index in [2.05, 4.69) is 36.5 Å². The Morgan fingerprint density at radius 3 is 2.62 bits per heavy atom. The van der Waals surface area contributed by atoms with Gasteiger partial charge in [0, 0.05) is 26.7 Å². The zero-order chi connectivity index (χ0) is 15.2. The Morgan fingerprint density at radius 1 is 1.14 bits per heavy atom. The summed E-state index contributed by atoms with van der Waals surface area (Å²) >= 11 is 14.1. The molecule has 0 fully saturated rings. The predicted octanol–water partition coefficient (Wildman–Crippen LogP) is 5.74. The molecule has 1 nitrogen and oxygen atoms in total. The number of hydrogen-bond donors (Lipinski definition) is 1. The molecule has 0 aliphatic rings. The average Bonchev–Trinajstić information content (AvgIpc) is 2.46. The zero-order valence-corrected chi connectivity index (χ0v) is 14.5. The molecule has 4 heteroatoms. The first-order valence-electron chi connectivity index (χ1n) is 6.98. The number of nitrogens with one attached hydrogen (secondary N) is 1. The lowest BCUT2D eigenvalue weighted by Crippen LogP contribution is -2.23. The molecule has 2 rings (SSSR count). The minimum Gasteiger partial charge on any atom is -0.309 e. The molecule has 0 radical (unpaired) electrons. The fourth-order valence-electron chi connectivity index (χ4n) is 2.08. The van der Waals surface area contributed by atoms with E-state index in [9.17, 15) is 0 Å². The monoisotopic (exact) mass is 339 g/mol. The number of aryl methyl sites for hydroxylation is 1. The van der Waals surface area contributed by atoms with Crippen molar-refractivity contribution in [1.82, 2.24) is 5.32 Å². The summed E-state index contributed by atoms with van der Waals surface area (Å²) in [7, 11) is 0. The van der Waals surface area contributed by atoms with Gasteiger partial charge in [-0.1, -0.05) is 48.3 Å². The van der Waals surface area contributed by atoms with Gasteiger partial charge in [-0.25, -0.2) is 0 Å². The van der Waals surface area contributed by atoms with Gasteiger partial charge in [-0.3, -0.25) is 0 Å². The Bertz CT molecular complexity index is 601. The van der Waals surface area contributed by atoms with Crippen molar-refractivity contribution in [2.45, 2.75) is 24.8 Å². The molecule has 0 aliphatic heterocycles. The Kier molecular flexibility index (Phi) is 6.43. The van der Waals surface area contributed by atoms with Crippen LogP contribution in [0.15, 0.2) is 47.4 Å². The third kappa shape index (κ3) is 4.93. The fraction of sp³-hybridized carbons (Fsp3) is 0.294. The molecule has 2 aromatic carbocycles. The van der Waals surface area contributed by atoms with Crippen molar-refractivity contribution in [2.24, 2.45) is 0 Å². The molecule has 0 aliphatic carbocycles. The van der Waals surface area contributed by atoms with Crippen molar-refractivity contribution >= 4 is 35.0 Å². The normalized spacial score (nSPS) is 12.4. The molecule has 2 aromatic rings. The van der Waals surface area contributed by atoms with E-state index in [-0.39, 0.29) is 6.04 Å². The summed E-state index contributed by atoms with van der Waals surface area (Å²) in [4.78, 5) is 1.18. The summed E-state index contributed by atoms with van der Waals surface area (Å²) in [5.74, 6) is 0.938. The van der Waals surface area contributed by atoms with Gasteiger partial charge in [0.1, 0.15) is 0 Å². The van der Waals surface area contributed by atoms with Gasteiger partial charge >= 0.3 is 0 Å². The van der Waals surface area contributed by atoms with E-state index < -0.39 is 0 Å². The van der Waals surface area contributed by atoms with E-state index in [1.54, 1.807) is 11.8 Å². The first-order valence-corrected chi connectivity index (χ1v) is 8.72. The number of thioether (sulfide) groups is 1. The molecule has 0 saturated heterocycles. The van der Waals surface area contributed by atoms with Crippen LogP contribution in [-0.4, -0.2) is 12.3 Å². The minimum absolute atomic E-state index is 0.275. The second-order valence-corrected chi connectivity index (χ2v) is 6.82. The van der Waals surface area contributed by atoms with E-state index in [1.807, 2.05) is 25.1 Å². The lowest BCUT2D eigenvalue weighted by molar-refractivity contribution is 0.606. The Labute approximate surface area is 141 Å². The van der Waals surface area contributed by atoms with Crippen molar-refractivity contribution in [1.29, 1.82) is 0 Å². The molecular weight excluding hydrogens is 321 g/mol.